The maximum atomic E-state index is 14.7. The fourth-order valence-electron chi connectivity index (χ4n) is 5.72. The van der Waals surface area contributed by atoms with Gasteiger partial charge in [0.2, 0.25) is 0 Å². The van der Waals surface area contributed by atoms with E-state index in [0.717, 1.165) is 47.0 Å². The van der Waals surface area contributed by atoms with E-state index in [9.17, 15) is 12.8 Å². The average Bonchev–Trinajstić information content (AvgIpc) is 3.61. The minimum absolute atomic E-state index is 0.0735. The Labute approximate surface area is 253 Å². The van der Waals surface area contributed by atoms with E-state index in [4.69, 9.17) is 19.8 Å². The summed E-state index contributed by atoms with van der Waals surface area (Å²) in [5.41, 5.74) is 7.05. The average molecular weight is 612 g/mol. The van der Waals surface area contributed by atoms with E-state index in [1.807, 2.05) is 36.0 Å². The van der Waals surface area contributed by atoms with Crippen molar-refractivity contribution in [1.29, 1.82) is 0 Å². The fourth-order valence-corrected chi connectivity index (χ4v) is 6.33. The molecular formula is C32H30FN7O3S. The monoisotopic (exact) mass is 611 g/mol. The van der Waals surface area contributed by atoms with Crippen molar-refractivity contribution in [3.63, 3.8) is 0 Å². The quantitative estimate of drug-likeness (QED) is 0.239. The van der Waals surface area contributed by atoms with Crippen LogP contribution in [-0.4, -0.2) is 61.7 Å². The van der Waals surface area contributed by atoms with E-state index in [1.54, 1.807) is 24.7 Å². The van der Waals surface area contributed by atoms with E-state index >= 15 is 0 Å². The van der Waals surface area contributed by atoms with Crippen LogP contribution < -0.4 is 0 Å². The van der Waals surface area contributed by atoms with Crippen LogP contribution in [0.15, 0.2) is 61.2 Å². The van der Waals surface area contributed by atoms with Gasteiger partial charge in [0.1, 0.15) is 26.9 Å². The Morgan fingerprint density at radius 1 is 1.07 bits per heavy atom. The van der Waals surface area contributed by atoms with Crippen molar-refractivity contribution in [3.8, 4) is 34.0 Å². The number of hydrogen-bond acceptors (Lipinski definition) is 8. The third-order valence-corrected chi connectivity index (χ3v) is 8.90. The summed E-state index contributed by atoms with van der Waals surface area (Å²) in [6.45, 7) is 2.69. The molecule has 1 aliphatic rings. The molecule has 0 saturated carbocycles. The molecule has 44 heavy (non-hydrogen) atoms. The van der Waals surface area contributed by atoms with Gasteiger partial charge in [-0.25, -0.2) is 22.5 Å². The summed E-state index contributed by atoms with van der Waals surface area (Å²) in [5.74, 6) is -0.0123. The first kappa shape index (κ1) is 28.2. The van der Waals surface area contributed by atoms with Gasteiger partial charge in [-0.3, -0.25) is 15.0 Å². The smallest absolute Gasteiger partial charge is 0.159 e. The number of aromatic nitrogens is 7. The zero-order chi connectivity index (χ0) is 30.4. The van der Waals surface area contributed by atoms with Crippen LogP contribution in [0.1, 0.15) is 36.6 Å². The second-order valence-electron chi connectivity index (χ2n) is 11.3. The number of fused-ring (bicyclic) bond motifs is 2. The first-order valence-corrected chi connectivity index (χ1v) is 16.5. The van der Waals surface area contributed by atoms with E-state index < -0.39 is 15.7 Å². The molecule has 0 bridgehead atoms. The number of sulfone groups is 1. The first-order chi connectivity index (χ1) is 21.2. The summed E-state index contributed by atoms with van der Waals surface area (Å²) in [6, 6.07) is 10.3. The minimum Gasteiger partial charge on any atom is -0.356 e. The molecule has 6 aromatic rings. The molecule has 12 heteroatoms. The number of benzene rings is 1. The topological polar surface area (TPSA) is 129 Å². The largest absolute Gasteiger partial charge is 0.356 e. The van der Waals surface area contributed by atoms with Gasteiger partial charge in [0.25, 0.3) is 0 Å². The van der Waals surface area contributed by atoms with Crippen molar-refractivity contribution >= 4 is 31.8 Å². The third-order valence-electron chi connectivity index (χ3n) is 7.95. The lowest BCUT2D eigenvalue weighted by atomic mass is 10.0. The zero-order valence-electron chi connectivity index (χ0n) is 24.3. The van der Waals surface area contributed by atoms with Gasteiger partial charge in [-0.1, -0.05) is 0 Å². The molecule has 0 radical (unpaired) electrons. The standard InChI is InChI=1S/C32H30FN7O3S/c1-19-6-9-34-17-24(19)26-16-23-27(18-36-26)40(28-5-3-4-11-43-28)39-30(23)32-37-25-7-10-35-29(31(25)38-32)21-13-20(14-22(33)15-21)8-12-44(2,41)42/h6-7,9-10,13-18,28H,3-5,8,11-12H2,1-2H3,(H,37,38). The Hall–Kier alpha value is -4.55. The Kier molecular flexibility index (Phi) is 7.17. The molecule has 1 saturated heterocycles. The lowest BCUT2D eigenvalue weighted by molar-refractivity contribution is -0.0365. The van der Waals surface area contributed by atoms with Gasteiger partial charge in [0.05, 0.1) is 34.4 Å². The van der Waals surface area contributed by atoms with E-state index in [2.05, 4.69) is 15.0 Å². The molecule has 224 valence electrons. The van der Waals surface area contributed by atoms with Crippen LogP contribution in [0.3, 0.4) is 0 Å². The highest BCUT2D eigenvalue weighted by Gasteiger charge is 2.25. The van der Waals surface area contributed by atoms with Crippen molar-refractivity contribution in [2.45, 2.75) is 38.8 Å². The molecule has 6 heterocycles. The number of imidazole rings is 1. The Balaban J connectivity index is 1.37. The van der Waals surface area contributed by atoms with Gasteiger partial charge >= 0.3 is 0 Å². The molecule has 5 aromatic heterocycles. The highest BCUT2D eigenvalue weighted by Crippen LogP contribution is 2.36. The summed E-state index contributed by atoms with van der Waals surface area (Å²) in [7, 11) is -3.20. The van der Waals surface area contributed by atoms with Crippen LogP contribution in [0.5, 0.6) is 0 Å². The van der Waals surface area contributed by atoms with Crippen molar-refractivity contribution in [2.75, 3.05) is 18.6 Å². The number of ether oxygens (including phenoxy) is 1. The van der Waals surface area contributed by atoms with Gasteiger partial charge in [-0.2, -0.15) is 5.10 Å². The number of nitrogens with zero attached hydrogens (tertiary/aromatic N) is 6. The number of nitrogens with one attached hydrogen (secondary N) is 1. The molecule has 10 nitrogen and oxygen atoms in total. The number of rotatable bonds is 7. The number of hydrogen-bond donors (Lipinski definition) is 1. The van der Waals surface area contributed by atoms with E-state index in [0.29, 0.717) is 46.0 Å². The maximum Gasteiger partial charge on any atom is 0.159 e. The van der Waals surface area contributed by atoms with Crippen LogP contribution in [-0.2, 0) is 21.0 Å². The Morgan fingerprint density at radius 2 is 1.95 bits per heavy atom. The molecule has 0 spiro atoms. The maximum absolute atomic E-state index is 14.7. The molecule has 1 atom stereocenters. The van der Waals surface area contributed by atoms with Gasteiger partial charge in [0, 0.05) is 48.0 Å². The lowest BCUT2D eigenvalue weighted by Crippen LogP contribution is -2.19. The summed E-state index contributed by atoms with van der Waals surface area (Å²) >= 11 is 0. The molecule has 1 N–H and O–H groups in total. The number of pyridine rings is 3. The molecular weight excluding hydrogens is 581 g/mol. The summed E-state index contributed by atoms with van der Waals surface area (Å²) in [5, 5.41) is 5.87. The predicted octanol–water partition coefficient (Wildman–Crippen LogP) is 5.83. The number of aryl methyl sites for hydroxylation is 2. The molecule has 1 aromatic carbocycles. The molecule has 0 amide bonds. The molecule has 1 aliphatic heterocycles. The number of H-pyrrole nitrogens is 1. The van der Waals surface area contributed by atoms with Crippen LogP contribution >= 0.6 is 0 Å². The van der Waals surface area contributed by atoms with Crippen molar-refractivity contribution < 1.29 is 17.5 Å². The minimum atomic E-state index is -3.20. The fraction of sp³-hybridized carbons (Fsp3) is 0.281. The van der Waals surface area contributed by atoms with Crippen LogP contribution in [0.2, 0.25) is 0 Å². The second kappa shape index (κ2) is 11.2. The number of halogens is 1. The van der Waals surface area contributed by atoms with E-state index in [1.165, 1.54) is 18.4 Å². The van der Waals surface area contributed by atoms with E-state index in [-0.39, 0.29) is 18.4 Å². The van der Waals surface area contributed by atoms with Crippen molar-refractivity contribution in [1.82, 2.24) is 34.7 Å². The van der Waals surface area contributed by atoms with Crippen molar-refractivity contribution in [2.24, 2.45) is 0 Å². The van der Waals surface area contributed by atoms with Crippen LogP contribution in [0, 0.1) is 12.7 Å². The molecule has 7 rings (SSSR count). The van der Waals surface area contributed by atoms with Gasteiger partial charge in [0.15, 0.2) is 12.1 Å². The summed E-state index contributed by atoms with van der Waals surface area (Å²) in [4.78, 5) is 22.0. The zero-order valence-corrected chi connectivity index (χ0v) is 25.1. The summed E-state index contributed by atoms with van der Waals surface area (Å²) < 4.78 is 46.2. The summed E-state index contributed by atoms with van der Waals surface area (Å²) in [6.07, 6.45) is 11.1. The van der Waals surface area contributed by atoms with Gasteiger partial charge in [-0.05, 0) is 80.1 Å². The molecule has 1 unspecified atom stereocenters. The SMILES string of the molecule is Cc1ccncc1-c1cc2c(-c3nc4c(-c5cc(F)cc(CCS(C)(=O)=O)c5)nccc4[nH]3)nn(C3CCCCO3)c2cn1. The first-order valence-electron chi connectivity index (χ1n) is 14.5. The normalized spacial score (nSPS) is 15.8. The molecule has 0 aliphatic carbocycles. The number of aromatic amines is 1. The van der Waals surface area contributed by atoms with Crippen molar-refractivity contribution in [3.05, 3.63) is 78.1 Å². The third kappa shape index (κ3) is 5.46. The lowest BCUT2D eigenvalue weighted by Gasteiger charge is -2.23. The van der Waals surface area contributed by atoms with Gasteiger partial charge in [-0.15, -0.1) is 0 Å². The highest BCUT2D eigenvalue weighted by atomic mass is 32.2. The Morgan fingerprint density at radius 3 is 2.75 bits per heavy atom. The predicted molar refractivity (Wildman–Crippen MR) is 166 cm³/mol. The van der Waals surface area contributed by atoms with Crippen LogP contribution in [0.25, 0.3) is 56.0 Å². The molecule has 1 fully saturated rings. The Bertz CT molecular complexity index is 2140. The highest BCUT2D eigenvalue weighted by molar-refractivity contribution is 7.90. The van der Waals surface area contributed by atoms with Crippen LogP contribution in [0.4, 0.5) is 4.39 Å². The van der Waals surface area contributed by atoms with Gasteiger partial charge < -0.3 is 9.72 Å². The second-order valence-corrected chi connectivity index (χ2v) is 13.5.